The monoisotopic (exact) mass is 346 g/mol. The molecule has 25 heavy (non-hydrogen) atoms. The third kappa shape index (κ3) is 3.10. The molecule has 0 fully saturated rings. The number of carbonyl (C=O) groups is 1. The van der Waals surface area contributed by atoms with Crippen LogP contribution in [0.1, 0.15) is 22.8 Å². The summed E-state index contributed by atoms with van der Waals surface area (Å²) < 4.78 is 6.49. The Balaban J connectivity index is 1.77. The van der Waals surface area contributed by atoms with Gasteiger partial charge in [-0.2, -0.15) is 0 Å². The van der Waals surface area contributed by atoms with Crippen LogP contribution in [0.3, 0.4) is 0 Å². The molecule has 1 atom stereocenters. The predicted octanol–water partition coefficient (Wildman–Crippen LogP) is 4.49. The van der Waals surface area contributed by atoms with E-state index in [2.05, 4.69) is 24.3 Å². The number of hydrogen-bond donors (Lipinski definition) is 0. The first-order valence-electron chi connectivity index (χ1n) is 8.48. The highest BCUT2D eigenvalue weighted by atomic mass is 31.1. The first-order valence-corrected chi connectivity index (χ1v) is 9.74. The van der Waals surface area contributed by atoms with Crippen molar-refractivity contribution in [2.24, 2.45) is 5.92 Å². The van der Waals surface area contributed by atoms with Gasteiger partial charge in [-0.05, 0) is 18.1 Å². The highest BCUT2D eigenvalue weighted by molar-refractivity contribution is 7.68. The molecule has 0 radical (unpaired) electrons. The van der Waals surface area contributed by atoms with E-state index in [1.54, 1.807) is 0 Å². The summed E-state index contributed by atoms with van der Waals surface area (Å²) in [6, 6.07) is 26.4. The van der Waals surface area contributed by atoms with Crippen LogP contribution in [-0.2, 0) is 6.42 Å². The molecule has 1 aliphatic rings. The summed E-state index contributed by atoms with van der Waals surface area (Å²) in [5.41, 5.74) is 1.88. The summed E-state index contributed by atoms with van der Waals surface area (Å²) >= 11 is 0. The fourth-order valence-corrected chi connectivity index (χ4v) is 4.99. The molecule has 1 unspecified atom stereocenters. The average Bonchev–Trinajstić information content (AvgIpc) is 2.96. The second-order valence-corrected chi connectivity index (χ2v) is 8.12. The number of Topliss-reactive ketones (excluding diaryl/α,β-unsaturated/α-hetero) is 1. The number of benzene rings is 3. The Kier molecular flexibility index (Phi) is 4.38. The number of hydrogen-bond acceptors (Lipinski definition) is 2. The minimum absolute atomic E-state index is 0.0411. The van der Waals surface area contributed by atoms with Crippen LogP contribution in [0.5, 0.6) is 5.75 Å². The maximum absolute atomic E-state index is 12.6. The normalized spacial score (nSPS) is 16.1. The van der Waals surface area contributed by atoms with Gasteiger partial charge in [-0.3, -0.25) is 4.79 Å². The first-order chi connectivity index (χ1) is 12.2. The van der Waals surface area contributed by atoms with E-state index in [-0.39, 0.29) is 11.7 Å². The fraction of sp³-hybridized carbons (Fsp3) is 0.136. The predicted molar refractivity (Wildman–Crippen MR) is 103 cm³/mol. The van der Waals surface area contributed by atoms with Crippen LogP contribution >= 0.6 is 8.15 Å². The molecule has 0 amide bonds. The lowest BCUT2D eigenvalue weighted by molar-refractivity contribution is 0.0945. The van der Waals surface area contributed by atoms with Crippen molar-refractivity contribution in [3.63, 3.8) is 0 Å². The third-order valence-corrected chi connectivity index (χ3v) is 6.42. The maximum atomic E-state index is 12.6. The summed E-state index contributed by atoms with van der Waals surface area (Å²) in [6.45, 7) is 1.99. The highest BCUT2D eigenvalue weighted by Crippen LogP contribution is 2.41. The Morgan fingerprint density at radius 2 is 1.44 bits per heavy atom. The SMILES string of the molecule is CC1Cc2cccc(OP(c3ccccc3)c3ccccc3)c2C1=O. The van der Waals surface area contributed by atoms with Crippen LogP contribution in [-0.4, -0.2) is 5.78 Å². The van der Waals surface area contributed by atoms with Gasteiger partial charge < -0.3 is 4.52 Å². The van der Waals surface area contributed by atoms with Crippen LogP contribution in [0.25, 0.3) is 0 Å². The molecule has 0 saturated carbocycles. The van der Waals surface area contributed by atoms with E-state index >= 15 is 0 Å². The molecule has 2 nitrogen and oxygen atoms in total. The second-order valence-electron chi connectivity index (χ2n) is 6.32. The van der Waals surface area contributed by atoms with Gasteiger partial charge in [0, 0.05) is 16.5 Å². The van der Waals surface area contributed by atoms with Crippen LogP contribution in [0, 0.1) is 5.92 Å². The smallest absolute Gasteiger partial charge is 0.170 e. The zero-order valence-electron chi connectivity index (χ0n) is 14.1. The molecule has 0 N–H and O–H groups in total. The Hall–Kier alpha value is -2.44. The van der Waals surface area contributed by atoms with Gasteiger partial charge in [-0.1, -0.05) is 79.7 Å². The van der Waals surface area contributed by atoms with Gasteiger partial charge in [-0.25, -0.2) is 0 Å². The van der Waals surface area contributed by atoms with Gasteiger partial charge >= 0.3 is 0 Å². The van der Waals surface area contributed by atoms with Crippen LogP contribution in [0.15, 0.2) is 78.9 Å². The Morgan fingerprint density at radius 3 is 2.04 bits per heavy atom. The summed E-state index contributed by atoms with van der Waals surface area (Å²) in [4.78, 5) is 12.6. The van der Waals surface area contributed by atoms with Gasteiger partial charge in [0.25, 0.3) is 0 Å². The molecular formula is C22H19O2P. The largest absolute Gasteiger partial charge is 0.464 e. The molecule has 124 valence electrons. The molecule has 0 aliphatic heterocycles. The maximum Gasteiger partial charge on any atom is 0.170 e. The van der Waals surface area contributed by atoms with Gasteiger partial charge in [-0.15, -0.1) is 0 Å². The zero-order valence-corrected chi connectivity index (χ0v) is 14.9. The van der Waals surface area contributed by atoms with Crippen molar-refractivity contribution >= 4 is 24.5 Å². The lowest BCUT2D eigenvalue weighted by Crippen LogP contribution is -2.16. The molecule has 0 spiro atoms. The van der Waals surface area contributed by atoms with E-state index < -0.39 is 8.15 Å². The summed E-state index contributed by atoms with van der Waals surface area (Å²) in [6.07, 6.45) is 0.806. The molecule has 3 aromatic rings. The van der Waals surface area contributed by atoms with Crippen LogP contribution in [0.4, 0.5) is 0 Å². The molecule has 0 saturated heterocycles. The van der Waals surface area contributed by atoms with Crippen molar-refractivity contribution in [1.29, 1.82) is 0 Å². The van der Waals surface area contributed by atoms with E-state index in [0.29, 0.717) is 5.75 Å². The number of rotatable bonds is 4. The number of carbonyl (C=O) groups excluding carboxylic acids is 1. The first kappa shape index (κ1) is 16.1. The topological polar surface area (TPSA) is 26.3 Å². The van der Waals surface area contributed by atoms with Crippen molar-refractivity contribution < 1.29 is 9.32 Å². The van der Waals surface area contributed by atoms with Crippen molar-refractivity contribution in [1.82, 2.24) is 0 Å². The zero-order chi connectivity index (χ0) is 17.2. The lowest BCUT2D eigenvalue weighted by Gasteiger charge is -2.20. The van der Waals surface area contributed by atoms with E-state index in [4.69, 9.17) is 4.52 Å². The molecule has 1 aliphatic carbocycles. The average molecular weight is 346 g/mol. The molecule has 3 aromatic carbocycles. The van der Waals surface area contributed by atoms with Crippen molar-refractivity contribution in [2.75, 3.05) is 0 Å². The quantitative estimate of drug-likeness (QED) is 0.651. The Labute approximate surface area is 149 Å². The van der Waals surface area contributed by atoms with Crippen LogP contribution in [0.2, 0.25) is 0 Å². The molecule has 4 rings (SSSR count). The highest BCUT2D eigenvalue weighted by Gasteiger charge is 2.31. The second kappa shape index (κ2) is 6.82. The van der Waals surface area contributed by atoms with E-state index in [1.165, 1.54) is 0 Å². The minimum atomic E-state index is -1.02. The molecule has 0 heterocycles. The fourth-order valence-electron chi connectivity index (χ4n) is 3.25. The van der Waals surface area contributed by atoms with Gasteiger partial charge in [0.1, 0.15) is 5.75 Å². The number of ketones is 1. The summed E-state index contributed by atoms with van der Waals surface area (Å²) in [7, 11) is -1.02. The Morgan fingerprint density at radius 1 is 0.840 bits per heavy atom. The third-order valence-electron chi connectivity index (χ3n) is 4.50. The van der Waals surface area contributed by atoms with Gasteiger partial charge in [0.05, 0.1) is 5.56 Å². The standard InChI is InChI=1S/C22H19O2P/c1-16-15-17-9-8-14-20(21(17)22(16)23)24-25(18-10-4-2-5-11-18)19-12-6-3-7-13-19/h2-14,16H,15H2,1H3. The minimum Gasteiger partial charge on any atom is -0.464 e. The molecular weight excluding hydrogens is 327 g/mol. The summed E-state index contributed by atoms with van der Waals surface area (Å²) in [5, 5.41) is 2.28. The van der Waals surface area contributed by atoms with Crippen molar-refractivity contribution in [3.8, 4) is 5.75 Å². The van der Waals surface area contributed by atoms with E-state index in [0.717, 1.165) is 28.2 Å². The lowest BCUT2D eigenvalue weighted by atomic mass is 10.1. The van der Waals surface area contributed by atoms with Gasteiger partial charge in [0.2, 0.25) is 0 Å². The van der Waals surface area contributed by atoms with Crippen molar-refractivity contribution in [2.45, 2.75) is 13.3 Å². The van der Waals surface area contributed by atoms with E-state index in [9.17, 15) is 4.79 Å². The van der Waals surface area contributed by atoms with Crippen molar-refractivity contribution in [3.05, 3.63) is 90.0 Å². The molecule has 3 heteroatoms. The number of fused-ring (bicyclic) bond motifs is 1. The van der Waals surface area contributed by atoms with E-state index in [1.807, 2.05) is 61.5 Å². The summed E-state index contributed by atoms with van der Waals surface area (Å²) in [5.74, 6) is 0.951. The Bertz CT molecular complexity index is 851. The molecule has 0 bridgehead atoms. The molecule has 0 aromatic heterocycles. The van der Waals surface area contributed by atoms with Gasteiger partial charge in [0.15, 0.2) is 13.9 Å². The van der Waals surface area contributed by atoms with Crippen LogP contribution < -0.4 is 15.1 Å².